The third-order valence-corrected chi connectivity index (χ3v) is 3.00. The standard InChI is InChI=1S/C11H16ClN3O/c1-8-14-9(12)5-10(15-8)13-6-11(2)3-4-16-7-11/h5H,3-4,6-7H2,1-2H3,(H,13,14,15)/t11-/m1/s1. The van der Waals surface area contributed by atoms with E-state index in [1.54, 1.807) is 6.07 Å². The predicted molar refractivity (Wildman–Crippen MR) is 63.8 cm³/mol. The van der Waals surface area contributed by atoms with Gasteiger partial charge in [-0.3, -0.25) is 0 Å². The highest BCUT2D eigenvalue weighted by atomic mass is 35.5. The van der Waals surface area contributed by atoms with Gasteiger partial charge in [-0.15, -0.1) is 0 Å². The van der Waals surface area contributed by atoms with E-state index < -0.39 is 0 Å². The second kappa shape index (κ2) is 4.55. The quantitative estimate of drug-likeness (QED) is 0.825. The van der Waals surface area contributed by atoms with Crippen molar-refractivity contribution in [1.82, 2.24) is 9.97 Å². The van der Waals surface area contributed by atoms with Gasteiger partial charge < -0.3 is 10.1 Å². The summed E-state index contributed by atoms with van der Waals surface area (Å²) in [5.74, 6) is 1.47. The molecule has 0 spiro atoms. The Morgan fingerprint density at radius 3 is 3.00 bits per heavy atom. The summed E-state index contributed by atoms with van der Waals surface area (Å²) in [6, 6.07) is 1.74. The molecule has 1 fully saturated rings. The molecular weight excluding hydrogens is 226 g/mol. The predicted octanol–water partition coefficient (Wildman–Crippen LogP) is 2.28. The Kier molecular flexibility index (Phi) is 3.30. The lowest BCUT2D eigenvalue weighted by molar-refractivity contribution is 0.164. The Bertz CT molecular complexity index is 357. The Morgan fingerprint density at radius 2 is 2.38 bits per heavy atom. The highest BCUT2D eigenvalue weighted by Gasteiger charge is 2.29. The van der Waals surface area contributed by atoms with E-state index >= 15 is 0 Å². The molecule has 1 atom stereocenters. The molecule has 1 aromatic heterocycles. The van der Waals surface area contributed by atoms with Crippen molar-refractivity contribution in [3.05, 3.63) is 17.0 Å². The van der Waals surface area contributed by atoms with Crippen molar-refractivity contribution in [3.63, 3.8) is 0 Å². The van der Waals surface area contributed by atoms with Gasteiger partial charge in [0.25, 0.3) is 0 Å². The van der Waals surface area contributed by atoms with Crippen LogP contribution in [0.3, 0.4) is 0 Å². The minimum Gasteiger partial charge on any atom is -0.381 e. The van der Waals surface area contributed by atoms with E-state index in [1.165, 1.54) is 0 Å². The Balaban J connectivity index is 1.98. The Morgan fingerprint density at radius 1 is 1.56 bits per heavy atom. The molecule has 1 aromatic rings. The lowest BCUT2D eigenvalue weighted by Gasteiger charge is -2.22. The molecule has 1 N–H and O–H groups in total. The number of halogens is 1. The number of hydrogen-bond acceptors (Lipinski definition) is 4. The van der Waals surface area contributed by atoms with Gasteiger partial charge in [0.1, 0.15) is 16.8 Å². The van der Waals surface area contributed by atoms with E-state index in [0.717, 1.165) is 32.0 Å². The van der Waals surface area contributed by atoms with Crippen LogP contribution in [0.15, 0.2) is 6.07 Å². The van der Waals surface area contributed by atoms with Gasteiger partial charge in [0.15, 0.2) is 0 Å². The van der Waals surface area contributed by atoms with Gasteiger partial charge in [0, 0.05) is 24.6 Å². The molecule has 88 valence electrons. The molecule has 5 heteroatoms. The monoisotopic (exact) mass is 241 g/mol. The number of aryl methyl sites for hydroxylation is 1. The smallest absolute Gasteiger partial charge is 0.134 e. The second-order valence-corrected chi connectivity index (χ2v) is 4.98. The highest BCUT2D eigenvalue weighted by Crippen LogP contribution is 2.27. The van der Waals surface area contributed by atoms with Crippen LogP contribution in [0.2, 0.25) is 5.15 Å². The van der Waals surface area contributed by atoms with Gasteiger partial charge in [-0.25, -0.2) is 9.97 Å². The van der Waals surface area contributed by atoms with Crippen LogP contribution in [0, 0.1) is 12.3 Å². The van der Waals surface area contributed by atoms with Gasteiger partial charge in [-0.2, -0.15) is 0 Å². The van der Waals surface area contributed by atoms with Crippen LogP contribution in [0.25, 0.3) is 0 Å². The summed E-state index contributed by atoms with van der Waals surface area (Å²) in [5.41, 5.74) is 0.200. The molecule has 0 aliphatic carbocycles. The van der Waals surface area contributed by atoms with Gasteiger partial charge >= 0.3 is 0 Å². The van der Waals surface area contributed by atoms with Crippen molar-refractivity contribution in [3.8, 4) is 0 Å². The van der Waals surface area contributed by atoms with Crippen LogP contribution < -0.4 is 5.32 Å². The van der Waals surface area contributed by atoms with Crippen LogP contribution in [-0.2, 0) is 4.74 Å². The summed E-state index contributed by atoms with van der Waals surface area (Å²) in [4.78, 5) is 8.30. The number of hydrogen-bond donors (Lipinski definition) is 1. The lowest BCUT2D eigenvalue weighted by Crippen LogP contribution is -2.27. The first-order valence-corrected chi connectivity index (χ1v) is 5.78. The third-order valence-electron chi connectivity index (χ3n) is 2.80. The summed E-state index contributed by atoms with van der Waals surface area (Å²) >= 11 is 5.86. The molecule has 0 unspecified atom stereocenters. The summed E-state index contributed by atoms with van der Waals surface area (Å²) in [6.45, 7) is 6.54. The van der Waals surface area contributed by atoms with Crippen molar-refractivity contribution in [2.45, 2.75) is 20.3 Å². The molecule has 2 heterocycles. The van der Waals surface area contributed by atoms with Crippen LogP contribution in [0.1, 0.15) is 19.2 Å². The lowest BCUT2D eigenvalue weighted by atomic mass is 9.90. The highest BCUT2D eigenvalue weighted by molar-refractivity contribution is 6.29. The molecule has 1 saturated heterocycles. The number of aromatic nitrogens is 2. The van der Waals surface area contributed by atoms with E-state index in [1.807, 2.05) is 6.92 Å². The van der Waals surface area contributed by atoms with Gasteiger partial charge in [-0.1, -0.05) is 18.5 Å². The molecule has 4 nitrogen and oxygen atoms in total. The molecular formula is C11H16ClN3O. The van der Waals surface area contributed by atoms with Crippen molar-refractivity contribution in [2.75, 3.05) is 25.1 Å². The molecule has 1 aliphatic heterocycles. The first-order valence-electron chi connectivity index (χ1n) is 5.40. The van der Waals surface area contributed by atoms with Crippen molar-refractivity contribution in [2.24, 2.45) is 5.41 Å². The van der Waals surface area contributed by atoms with E-state index in [9.17, 15) is 0 Å². The summed E-state index contributed by atoms with van der Waals surface area (Å²) in [5, 5.41) is 3.77. The molecule has 0 aromatic carbocycles. The maximum absolute atomic E-state index is 5.86. The van der Waals surface area contributed by atoms with Gasteiger partial charge in [0.05, 0.1) is 6.61 Å². The summed E-state index contributed by atoms with van der Waals surface area (Å²) < 4.78 is 5.40. The zero-order valence-corrected chi connectivity index (χ0v) is 10.3. The molecule has 0 bridgehead atoms. The van der Waals surface area contributed by atoms with Crippen molar-refractivity contribution >= 4 is 17.4 Å². The fourth-order valence-corrected chi connectivity index (χ4v) is 2.00. The third kappa shape index (κ3) is 2.83. The van der Waals surface area contributed by atoms with Crippen LogP contribution in [-0.4, -0.2) is 29.7 Å². The van der Waals surface area contributed by atoms with Crippen LogP contribution in [0.4, 0.5) is 5.82 Å². The molecule has 2 rings (SSSR count). The number of nitrogens with one attached hydrogen (secondary N) is 1. The zero-order valence-electron chi connectivity index (χ0n) is 9.59. The van der Waals surface area contributed by atoms with E-state index in [4.69, 9.17) is 16.3 Å². The Labute approximate surface area is 100 Å². The Hall–Kier alpha value is -0.870. The normalized spacial score (nSPS) is 24.7. The molecule has 0 saturated carbocycles. The summed E-state index contributed by atoms with van der Waals surface area (Å²) in [6.07, 6.45) is 1.08. The van der Waals surface area contributed by atoms with Gasteiger partial charge in [-0.05, 0) is 13.3 Å². The van der Waals surface area contributed by atoms with E-state index in [2.05, 4.69) is 22.2 Å². The minimum atomic E-state index is 0.200. The topological polar surface area (TPSA) is 47.0 Å². The van der Waals surface area contributed by atoms with E-state index in [0.29, 0.717) is 11.0 Å². The summed E-state index contributed by atoms with van der Waals surface area (Å²) in [7, 11) is 0. The molecule has 16 heavy (non-hydrogen) atoms. The number of nitrogens with zero attached hydrogens (tertiary/aromatic N) is 2. The molecule has 1 aliphatic rings. The number of ether oxygens (including phenoxy) is 1. The number of rotatable bonds is 3. The van der Waals surface area contributed by atoms with Crippen molar-refractivity contribution < 1.29 is 4.74 Å². The largest absolute Gasteiger partial charge is 0.381 e. The fraction of sp³-hybridized carbons (Fsp3) is 0.636. The van der Waals surface area contributed by atoms with Crippen LogP contribution in [0.5, 0.6) is 0 Å². The first-order chi connectivity index (χ1) is 7.57. The van der Waals surface area contributed by atoms with E-state index in [-0.39, 0.29) is 5.41 Å². The van der Waals surface area contributed by atoms with Gasteiger partial charge in [0.2, 0.25) is 0 Å². The van der Waals surface area contributed by atoms with Crippen LogP contribution >= 0.6 is 11.6 Å². The molecule has 0 amide bonds. The first kappa shape index (κ1) is 11.6. The maximum atomic E-state index is 5.86. The fourth-order valence-electron chi connectivity index (χ4n) is 1.77. The number of anilines is 1. The molecule has 0 radical (unpaired) electrons. The second-order valence-electron chi connectivity index (χ2n) is 4.59. The maximum Gasteiger partial charge on any atom is 0.134 e. The average Bonchev–Trinajstić information content (AvgIpc) is 2.62. The van der Waals surface area contributed by atoms with Crippen molar-refractivity contribution in [1.29, 1.82) is 0 Å². The zero-order chi connectivity index (χ0) is 11.6. The SMILES string of the molecule is Cc1nc(Cl)cc(NC[C@@]2(C)CCOC2)n1. The minimum absolute atomic E-state index is 0.200. The average molecular weight is 242 g/mol.